The number of nitrogens with zero attached hydrogens (tertiary/aromatic N) is 1. The molecule has 0 aromatic heterocycles. The number of hydrazine groups is 1. The van der Waals surface area contributed by atoms with Gasteiger partial charge in [0.15, 0.2) is 5.11 Å². The highest BCUT2D eigenvalue weighted by Crippen LogP contribution is 2.13. The number of nitro groups is 1. The Morgan fingerprint density at radius 2 is 2.13 bits per heavy atom. The van der Waals surface area contributed by atoms with E-state index in [0.29, 0.717) is 16.6 Å². The minimum Gasteiger partial charge on any atom is -0.361 e. The molecule has 0 aliphatic heterocycles. The number of thiocarbonyl (C=S) groups is 1. The van der Waals surface area contributed by atoms with E-state index in [1.807, 2.05) is 0 Å². The molecule has 0 unspecified atom stereocenters. The van der Waals surface area contributed by atoms with Crippen molar-refractivity contribution in [2.75, 3.05) is 6.54 Å². The molecule has 1 amide bonds. The number of hydrogen-bond donors (Lipinski definition) is 3. The van der Waals surface area contributed by atoms with Gasteiger partial charge < -0.3 is 5.32 Å². The smallest absolute Gasteiger partial charge is 0.270 e. The SMILES string of the molecule is CC(C)CCNC(=S)NNC(=O)/C=C/c1cccc([N+](=O)[O-])c1. The fourth-order valence-corrected chi connectivity index (χ4v) is 1.75. The third kappa shape index (κ3) is 7.91. The van der Waals surface area contributed by atoms with Gasteiger partial charge in [-0.1, -0.05) is 26.0 Å². The van der Waals surface area contributed by atoms with Crippen molar-refractivity contribution < 1.29 is 9.72 Å². The van der Waals surface area contributed by atoms with E-state index in [2.05, 4.69) is 30.0 Å². The zero-order chi connectivity index (χ0) is 17.2. The first-order valence-electron chi connectivity index (χ1n) is 7.15. The Balaban J connectivity index is 2.40. The highest BCUT2D eigenvalue weighted by molar-refractivity contribution is 7.80. The van der Waals surface area contributed by atoms with Crippen LogP contribution in [0.5, 0.6) is 0 Å². The molecular weight excluding hydrogens is 316 g/mol. The van der Waals surface area contributed by atoms with Crippen LogP contribution in [0.1, 0.15) is 25.8 Å². The Labute approximate surface area is 140 Å². The molecule has 0 fully saturated rings. The summed E-state index contributed by atoms with van der Waals surface area (Å²) in [4.78, 5) is 21.8. The average Bonchev–Trinajstić information content (AvgIpc) is 2.50. The van der Waals surface area contributed by atoms with Crippen LogP contribution in [0.4, 0.5) is 5.69 Å². The van der Waals surface area contributed by atoms with Gasteiger partial charge in [-0.2, -0.15) is 0 Å². The van der Waals surface area contributed by atoms with Crippen LogP contribution in [0.15, 0.2) is 30.3 Å². The lowest BCUT2D eigenvalue weighted by molar-refractivity contribution is -0.384. The van der Waals surface area contributed by atoms with Gasteiger partial charge in [-0.15, -0.1) is 0 Å². The first-order valence-corrected chi connectivity index (χ1v) is 7.55. The number of rotatable bonds is 6. The Bertz CT molecular complexity index is 602. The number of hydrogen-bond acceptors (Lipinski definition) is 4. The second kappa shape index (κ2) is 9.52. The van der Waals surface area contributed by atoms with Crippen LogP contribution < -0.4 is 16.2 Å². The molecule has 7 nitrogen and oxygen atoms in total. The van der Waals surface area contributed by atoms with Crippen LogP contribution in [0.3, 0.4) is 0 Å². The zero-order valence-electron chi connectivity index (χ0n) is 13.0. The monoisotopic (exact) mass is 336 g/mol. The summed E-state index contributed by atoms with van der Waals surface area (Å²) >= 11 is 5.01. The molecule has 0 saturated heterocycles. The van der Waals surface area contributed by atoms with Crippen LogP contribution in [-0.4, -0.2) is 22.5 Å². The number of carbonyl (C=O) groups is 1. The second-order valence-electron chi connectivity index (χ2n) is 5.24. The Kier molecular flexibility index (Phi) is 7.69. The van der Waals surface area contributed by atoms with E-state index in [9.17, 15) is 14.9 Å². The maximum Gasteiger partial charge on any atom is 0.270 e. The maximum atomic E-state index is 11.6. The molecular formula is C15H20N4O3S. The summed E-state index contributed by atoms with van der Waals surface area (Å²) in [7, 11) is 0. The summed E-state index contributed by atoms with van der Waals surface area (Å²) in [5.41, 5.74) is 5.53. The van der Waals surface area contributed by atoms with E-state index < -0.39 is 10.8 Å². The van der Waals surface area contributed by atoms with Crippen molar-refractivity contribution in [3.8, 4) is 0 Å². The lowest BCUT2D eigenvalue weighted by atomic mass is 10.1. The number of nitrogens with one attached hydrogen (secondary N) is 3. The lowest BCUT2D eigenvalue weighted by Gasteiger charge is -2.11. The number of carbonyl (C=O) groups excluding carboxylic acids is 1. The average molecular weight is 336 g/mol. The Morgan fingerprint density at radius 1 is 1.39 bits per heavy atom. The standard InChI is InChI=1S/C15H20N4O3S/c1-11(2)8-9-16-15(23)18-17-14(20)7-6-12-4-3-5-13(10-12)19(21)22/h3-7,10-11H,8-9H2,1-2H3,(H,17,20)(H2,16,18,23)/b7-6+. The van der Waals surface area contributed by atoms with E-state index >= 15 is 0 Å². The van der Waals surface area contributed by atoms with E-state index in [1.165, 1.54) is 24.3 Å². The van der Waals surface area contributed by atoms with Gasteiger partial charge >= 0.3 is 0 Å². The molecule has 0 atom stereocenters. The summed E-state index contributed by atoms with van der Waals surface area (Å²) in [6.45, 7) is 4.94. The molecule has 8 heteroatoms. The minimum atomic E-state index is -0.486. The maximum absolute atomic E-state index is 11.6. The van der Waals surface area contributed by atoms with Crippen molar-refractivity contribution in [1.29, 1.82) is 0 Å². The fourth-order valence-electron chi connectivity index (χ4n) is 1.59. The van der Waals surface area contributed by atoms with Gasteiger partial charge in [0, 0.05) is 24.8 Å². The third-order valence-electron chi connectivity index (χ3n) is 2.81. The predicted octanol–water partition coefficient (Wildman–Crippen LogP) is 2.15. The first-order chi connectivity index (χ1) is 10.9. The summed E-state index contributed by atoms with van der Waals surface area (Å²) in [6.07, 6.45) is 3.73. The van der Waals surface area contributed by atoms with Gasteiger partial charge in [-0.25, -0.2) is 0 Å². The molecule has 124 valence electrons. The van der Waals surface area contributed by atoms with Crippen molar-refractivity contribution in [3.63, 3.8) is 0 Å². The Morgan fingerprint density at radius 3 is 2.78 bits per heavy atom. The van der Waals surface area contributed by atoms with Gasteiger partial charge in [0.05, 0.1) is 4.92 Å². The molecule has 1 aromatic rings. The van der Waals surface area contributed by atoms with E-state index in [1.54, 1.807) is 12.1 Å². The van der Waals surface area contributed by atoms with Crippen molar-refractivity contribution in [3.05, 3.63) is 46.0 Å². The molecule has 0 spiro atoms. The molecule has 0 saturated carbocycles. The van der Waals surface area contributed by atoms with Gasteiger partial charge in [-0.05, 0) is 36.2 Å². The molecule has 3 N–H and O–H groups in total. The van der Waals surface area contributed by atoms with Gasteiger partial charge in [0.2, 0.25) is 0 Å². The number of amides is 1. The molecule has 1 aromatic carbocycles. The highest BCUT2D eigenvalue weighted by atomic mass is 32.1. The third-order valence-corrected chi connectivity index (χ3v) is 3.06. The van der Waals surface area contributed by atoms with Crippen LogP contribution >= 0.6 is 12.2 Å². The Hall–Kier alpha value is -2.48. The second-order valence-corrected chi connectivity index (χ2v) is 5.65. The van der Waals surface area contributed by atoms with Crippen LogP contribution in [0.25, 0.3) is 6.08 Å². The fraction of sp³-hybridized carbons (Fsp3) is 0.333. The minimum absolute atomic E-state index is 0.0267. The topological polar surface area (TPSA) is 96.3 Å². The van der Waals surface area contributed by atoms with E-state index in [-0.39, 0.29) is 5.69 Å². The van der Waals surface area contributed by atoms with Crippen LogP contribution in [0, 0.1) is 16.0 Å². The molecule has 1 rings (SSSR count). The molecule has 0 heterocycles. The normalized spacial score (nSPS) is 10.6. The van der Waals surface area contributed by atoms with Crippen molar-refractivity contribution >= 4 is 35.0 Å². The van der Waals surface area contributed by atoms with Crippen LogP contribution in [-0.2, 0) is 4.79 Å². The molecule has 23 heavy (non-hydrogen) atoms. The number of nitro benzene ring substituents is 1. The van der Waals surface area contributed by atoms with Crippen molar-refractivity contribution in [2.45, 2.75) is 20.3 Å². The summed E-state index contributed by atoms with van der Waals surface area (Å²) < 4.78 is 0. The first kappa shape index (κ1) is 18.6. The quantitative estimate of drug-likeness (QED) is 0.319. The van der Waals surface area contributed by atoms with Crippen molar-refractivity contribution in [1.82, 2.24) is 16.2 Å². The van der Waals surface area contributed by atoms with Crippen LogP contribution in [0.2, 0.25) is 0 Å². The van der Waals surface area contributed by atoms with E-state index in [0.717, 1.165) is 13.0 Å². The largest absolute Gasteiger partial charge is 0.361 e. The zero-order valence-corrected chi connectivity index (χ0v) is 13.9. The summed E-state index contributed by atoms with van der Waals surface area (Å²) in [5, 5.41) is 14.0. The van der Waals surface area contributed by atoms with E-state index in [4.69, 9.17) is 12.2 Å². The molecule has 0 aliphatic rings. The summed E-state index contributed by atoms with van der Waals surface area (Å²) in [5.74, 6) is 0.155. The van der Waals surface area contributed by atoms with Gasteiger partial charge in [-0.3, -0.25) is 25.8 Å². The number of benzene rings is 1. The van der Waals surface area contributed by atoms with Gasteiger partial charge in [0.1, 0.15) is 0 Å². The summed E-state index contributed by atoms with van der Waals surface area (Å²) in [6, 6.07) is 6.00. The molecule has 0 aliphatic carbocycles. The van der Waals surface area contributed by atoms with Crippen molar-refractivity contribution in [2.24, 2.45) is 5.92 Å². The molecule has 0 bridgehead atoms. The predicted molar refractivity (Wildman–Crippen MR) is 93.5 cm³/mol. The highest BCUT2D eigenvalue weighted by Gasteiger charge is 2.04. The lowest BCUT2D eigenvalue weighted by Crippen LogP contribution is -2.46. The van der Waals surface area contributed by atoms with Gasteiger partial charge in [0.25, 0.3) is 11.6 Å². The molecule has 0 radical (unpaired) electrons. The number of non-ortho nitro benzene ring substituents is 1.